The molecule has 2 rings (SSSR count). The zero-order chi connectivity index (χ0) is 14.0. The van der Waals surface area contributed by atoms with Crippen molar-refractivity contribution >= 4 is 5.91 Å². The zero-order valence-corrected chi connectivity index (χ0v) is 10.9. The van der Waals surface area contributed by atoms with Gasteiger partial charge in [-0.05, 0) is 13.8 Å². The van der Waals surface area contributed by atoms with Gasteiger partial charge in [0.15, 0.2) is 0 Å². The van der Waals surface area contributed by atoms with Crippen molar-refractivity contribution in [3.05, 3.63) is 46.0 Å². The molecule has 0 saturated heterocycles. The van der Waals surface area contributed by atoms with Crippen LogP contribution >= 0.6 is 0 Å². The lowest BCUT2D eigenvalue weighted by Gasteiger charge is -2.22. The molecule has 0 radical (unpaired) electrons. The number of rotatable bonds is 3. The van der Waals surface area contributed by atoms with Gasteiger partial charge in [0, 0.05) is 19.3 Å². The van der Waals surface area contributed by atoms with E-state index in [-0.39, 0.29) is 11.6 Å². The Balaban J connectivity index is 2.26. The van der Waals surface area contributed by atoms with E-state index in [0.717, 1.165) is 0 Å². The van der Waals surface area contributed by atoms with E-state index < -0.39 is 11.5 Å². The first-order chi connectivity index (χ1) is 9.00. The van der Waals surface area contributed by atoms with Crippen molar-refractivity contribution in [2.45, 2.75) is 19.9 Å². The molecule has 1 amide bonds. The van der Waals surface area contributed by atoms with Crippen LogP contribution in [0.2, 0.25) is 0 Å². The molecule has 0 saturated carbocycles. The molecule has 0 spiro atoms. The Hall–Kier alpha value is -2.44. The number of aromatic nitrogens is 3. The molecule has 0 fully saturated rings. The summed E-state index contributed by atoms with van der Waals surface area (Å²) in [5.41, 5.74) is 0.174. The minimum absolute atomic E-state index is 0.00319. The van der Waals surface area contributed by atoms with Gasteiger partial charge in [-0.1, -0.05) is 5.16 Å². The highest BCUT2D eigenvalue weighted by molar-refractivity contribution is 5.93. The van der Waals surface area contributed by atoms with Crippen LogP contribution < -0.4 is 5.56 Å². The fourth-order valence-electron chi connectivity index (χ4n) is 1.64. The second-order valence-corrected chi connectivity index (χ2v) is 4.23. The third-order valence-corrected chi connectivity index (χ3v) is 2.94. The molecule has 7 heteroatoms. The Bertz CT molecular complexity index is 633. The van der Waals surface area contributed by atoms with Crippen molar-refractivity contribution in [2.24, 2.45) is 0 Å². The van der Waals surface area contributed by atoms with Gasteiger partial charge in [-0.3, -0.25) is 9.59 Å². The molecule has 2 aromatic rings. The lowest BCUT2D eigenvalue weighted by molar-refractivity contribution is 0.0735. The first-order valence-corrected chi connectivity index (χ1v) is 5.74. The number of hydrogen-bond acceptors (Lipinski definition) is 5. The van der Waals surface area contributed by atoms with Crippen LogP contribution in [0.3, 0.4) is 0 Å². The average Bonchev–Trinajstić information content (AvgIpc) is 2.90. The molecule has 0 bridgehead atoms. The summed E-state index contributed by atoms with van der Waals surface area (Å²) in [5.74, 6) is 0.0537. The van der Waals surface area contributed by atoms with Crippen molar-refractivity contribution in [1.82, 2.24) is 20.0 Å². The number of aromatic amines is 1. The maximum Gasteiger partial charge on any atom is 0.263 e. The molecular formula is C12H14N4O3. The Morgan fingerprint density at radius 2 is 2.26 bits per heavy atom. The lowest BCUT2D eigenvalue weighted by atomic mass is 10.2. The van der Waals surface area contributed by atoms with Gasteiger partial charge in [-0.15, -0.1) is 0 Å². The van der Waals surface area contributed by atoms with Gasteiger partial charge < -0.3 is 14.4 Å². The van der Waals surface area contributed by atoms with Crippen LogP contribution in [0.4, 0.5) is 0 Å². The third kappa shape index (κ3) is 2.54. The SMILES string of the molecule is Cc1ncc(C(=O)N(C)C(C)c2ccon2)c(=O)[nH]1. The van der Waals surface area contributed by atoms with E-state index in [1.165, 1.54) is 17.4 Å². The quantitative estimate of drug-likeness (QED) is 0.887. The van der Waals surface area contributed by atoms with E-state index in [1.807, 2.05) is 0 Å². The number of aryl methyl sites for hydroxylation is 1. The van der Waals surface area contributed by atoms with Gasteiger partial charge in [-0.2, -0.15) is 0 Å². The standard InChI is InChI=1S/C12H14N4O3/c1-7(10-4-5-19-15-10)16(3)12(18)9-6-13-8(2)14-11(9)17/h4-7H,1-3H3,(H,13,14,17). The fraction of sp³-hybridized carbons (Fsp3) is 0.333. The number of amides is 1. The summed E-state index contributed by atoms with van der Waals surface area (Å²) >= 11 is 0. The number of H-pyrrole nitrogens is 1. The van der Waals surface area contributed by atoms with E-state index in [4.69, 9.17) is 4.52 Å². The van der Waals surface area contributed by atoms with Crippen LogP contribution in [0.25, 0.3) is 0 Å². The number of carbonyl (C=O) groups is 1. The highest BCUT2D eigenvalue weighted by atomic mass is 16.5. The third-order valence-electron chi connectivity index (χ3n) is 2.94. The molecule has 1 atom stereocenters. The van der Waals surface area contributed by atoms with Crippen LogP contribution in [0.15, 0.2) is 27.8 Å². The molecule has 2 aromatic heterocycles. The monoisotopic (exact) mass is 262 g/mol. The summed E-state index contributed by atoms with van der Waals surface area (Å²) in [6.07, 6.45) is 2.72. The summed E-state index contributed by atoms with van der Waals surface area (Å²) in [6, 6.07) is 1.37. The Labute approximate surface area is 109 Å². The highest BCUT2D eigenvalue weighted by Crippen LogP contribution is 2.17. The molecule has 1 unspecified atom stereocenters. The first-order valence-electron chi connectivity index (χ1n) is 5.74. The Morgan fingerprint density at radius 1 is 1.53 bits per heavy atom. The number of hydrogen-bond donors (Lipinski definition) is 1. The predicted octanol–water partition coefficient (Wildman–Crippen LogP) is 0.900. The van der Waals surface area contributed by atoms with Gasteiger partial charge in [0.2, 0.25) is 0 Å². The molecular weight excluding hydrogens is 248 g/mol. The van der Waals surface area contributed by atoms with Gasteiger partial charge in [0.25, 0.3) is 11.5 Å². The van der Waals surface area contributed by atoms with E-state index in [1.54, 1.807) is 27.0 Å². The molecule has 19 heavy (non-hydrogen) atoms. The Kier molecular flexibility index (Phi) is 3.46. The van der Waals surface area contributed by atoms with Crippen molar-refractivity contribution in [3.63, 3.8) is 0 Å². The summed E-state index contributed by atoms with van der Waals surface area (Å²) in [5, 5.41) is 3.78. The van der Waals surface area contributed by atoms with Gasteiger partial charge >= 0.3 is 0 Å². The maximum atomic E-state index is 12.2. The number of nitrogens with zero attached hydrogens (tertiary/aromatic N) is 3. The molecule has 0 aromatic carbocycles. The second kappa shape index (κ2) is 5.05. The van der Waals surface area contributed by atoms with Gasteiger partial charge in [0.1, 0.15) is 23.3 Å². The molecule has 7 nitrogen and oxygen atoms in total. The van der Waals surface area contributed by atoms with Crippen LogP contribution in [0.1, 0.15) is 34.8 Å². The highest BCUT2D eigenvalue weighted by Gasteiger charge is 2.23. The van der Waals surface area contributed by atoms with E-state index in [9.17, 15) is 9.59 Å². The predicted molar refractivity (Wildman–Crippen MR) is 66.6 cm³/mol. The smallest absolute Gasteiger partial charge is 0.263 e. The van der Waals surface area contributed by atoms with Crippen LogP contribution in [-0.4, -0.2) is 33.0 Å². The lowest BCUT2D eigenvalue weighted by Crippen LogP contribution is -2.34. The van der Waals surface area contributed by atoms with E-state index >= 15 is 0 Å². The molecule has 100 valence electrons. The van der Waals surface area contributed by atoms with Crippen LogP contribution in [0.5, 0.6) is 0 Å². The summed E-state index contributed by atoms with van der Waals surface area (Å²) in [6.45, 7) is 3.45. The Morgan fingerprint density at radius 3 is 2.84 bits per heavy atom. The van der Waals surface area contributed by atoms with Crippen molar-refractivity contribution in [2.75, 3.05) is 7.05 Å². The minimum Gasteiger partial charge on any atom is -0.364 e. The van der Waals surface area contributed by atoms with Crippen LogP contribution in [-0.2, 0) is 0 Å². The fourth-order valence-corrected chi connectivity index (χ4v) is 1.64. The largest absolute Gasteiger partial charge is 0.364 e. The minimum atomic E-state index is -0.447. The van der Waals surface area contributed by atoms with Crippen molar-refractivity contribution in [3.8, 4) is 0 Å². The second-order valence-electron chi connectivity index (χ2n) is 4.23. The summed E-state index contributed by atoms with van der Waals surface area (Å²) in [7, 11) is 1.60. The van der Waals surface area contributed by atoms with E-state index in [2.05, 4.69) is 15.1 Å². The zero-order valence-electron chi connectivity index (χ0n) is 10.9. The molecule has 2 heterocycles. The maximum absolute atomic E-state index is 12.2. The molecule has 0 aliphatic rings. The van der Waals surface area contributed by atoms with Gasteiger partial charge in [0.05, 0.1) is 6.04 Å². The molecule has 1 N–H and O–H groups in total. The molecule has 0 aliphatic heterocycles. The average molecular weight is 262 g/mol. The van der Waals surface area contributed by atoms with Crippen LogP contribution in [0, 0.1) is 6.92 Å². The van der Waals surface area contributed by atoms with Crippen molar-refractivity contribution < 1.29 is 9.32 Å². The first kappa shape index (κ1) is 13.0. The summed E-state index contributed by atoms with van der Waals surface area (Å²) in [4.78, 5) is 31.8. The summed E-state index contributed by atoms with van der Waals surface area (Å²) < 4.78 is 4.74. The number of carbonyl (C=O) groups excluding carboxylic acids is 1. The number of nitrogens with one attached hydrogen (secondary N) is 1. The van der Waals surface area contributed by atoms with Gasteiger partial charge in [-0.25, -0.2) is 4.98 Å². The van der Waals surface area contributed by atoms with Crippen molar-refractivity contribution in [1.29, 1.82) is 0 Å². The van der Waals surface area contributed by atoms with E-state index in [0.29, 0.717) is 11.5 Å². The topological polar surface area (TPSA) is 92.1 Å². The normalized spacial score (nSPS) is 12.2. The molecule has 0 aliphatic carbocycles.